The number of rotatable bonds is 6. The van der Waals surface area contributed by atoms with Crippen molar-refractivity contribution in [2.45, 2.75) is 0 Å². The SMILES string of the molecule is [Ir+3].[c-]1c(-c2ccc(-c3ccccc3)cn2)sc2ccccc12.[c-]1c(-c2ccc(-c3ccccc3)cn2)sc2ccccc12.[c-]1c(-c2ccc(-c3ccccc3)cn2)sc2ccccc12. The van der Waals surface area contributed by atoms with Gasteiger partial charge in [-0.25, -0.2) is 34.0 Å². The zero-order valence-electron chi connectivity index (χ0n) is 34.2. The van der Waals surface area contributed by atoms with Crippen LogP contribution in [-0.4, -0.2) is 15.0 Å². The van der Waals surface area contributed by atoms with Gasteiger partial charge in [0.2, 0.25) is 0 Å². The van der Waals surface area contributed by atoms with Gasteiger partial charge in [0.25, 0.3) is 0 Å². The molecule has 0 aliphatic heterocycles. The van der Waals surface area contributed by atoms with Gasteiger partial charge in [-0.15, -0.1) is 70.8 Å². The molecule has 0 atom stereocenters. The van der Waals surface area contributed by atoms with Crippen molar-refractivity contribution in [2.75, 3.05) is 0 Å². The van der Waals surface area contributed by atoms with E-state index < -0.39 is 0 Å². The van der Waals surface area contributed by atoms with E-state index in [1.165, 1.54) is 30.8 Å². The van der Waals surface area contributed by atoms with Crippen LogP contribution in [0.4, 0.5) is 0 Å². The van der Waals surface area contributed by atoms with E-state index in [9.17, 15) is 0 Å². The number of benzene rings is 6. The van der Waals surface area contributed by atoms with Crippen LogP contribution >= 0.6 is 34.0 Å². The van der Waals surface area contributed by atoms with Crippen molar-refractivity contribution in [2.24, 2.45) is 0 Å². The van der Waals surface area contributed by atoms with Crippen LogP contribution < -0.4 is 0 Å². The molecule has 0 aliphatic rings. The number of thiophene rings is 3. The van der Waals surface area contributed by atoms with E-state index in [2.05, 4.69) is 161 Å². The van der Waals surface area contributed by atoms with Crippen LogP contribution in [0, 0.1) is 18.2 Å². The number of nitrogens with zero attached hydrogens (tertiary/aromatic N) is 3. The summed E-state index contributed by atoms with van der Waals surface area (Å²) in [6.45, 7) is 0. The Labute approximate surface area is 398 Å². The summed E-state index contributed by atoms with van der Waals surface area (Å²) < 4.78 is 3.75. The minimum Gasteiger partial charge on any atom is -0.303 e. The Bertz CT molecular complexity index is 2900. The van der Waals surface area contributed by atoms with Crippen molar-refractivity contribution in [3.05, 3.63) is 237 Å². The van der Waals surface area contributed by atoms with Gasteiger partial charge in [0.1, 0.15) is 0 Å². The molecule has 0 unspecified atom stereocenters. The molecule has 0 aliphatic carbocycles. The molecule has 7 heteroatoms. The normalized spacial score (nSPS) is 10.7. The first kappa shape index (κ1) is 42.6. The van der Waals surface area contributed by atoms with Gasteiger partial charge in [0.15, 0.2) is 0 Å². The summed E-state index contributed by atoms with van der Waals surface area (Å²) in [6.07, 6.45) is 5.80. The second-order valence-electron chi connectivity index (χ2n) is 14.6. The van der Waals surface area contributed by atoms with Crippen molar-refractivity contribution in [3.63, 3.8) is 0 Å². The Hall–Kier alpha value is -6.70. The summed E-state index contributed by atoms with van der Waals surface area (Å²) in [5.41, 5.74) is 9.94. The molecule has 0 N–H and O–H groups in total. The van der Waals surface area contributed by atoms with E-state index in [0.717, 1.165) is 64.6 Å². The van der Waals surface area contributed by atoms with Gasteiger partial charge in [-0.05, 0) is 62.1 Å². The number of hydrogen-bond donors (Lipinski definition) is 0. The molecule has 0 bridgehead atoms. The van der Waals surface area contributed by atoms with Gasteiger partial charge < -0.3 is 15.0 Å². The topological polar surface area (TPSA) is 38.7 Å². The first-order chi connectivity index (χ1) is 31.2. The molecule has 0 fully saturated rings. The van der Waals surface area contributed by atoms with Crippen LogP contribution in [0.15, 0.2) is 219 Å². The summed E-state index contributed by atoms with van der Waals surface area (Å²) >= 11 is 5.20. The maximum absolute atomic E-state index is 4.60. The smallest absolute Gasteiger partial charge is 0.303 e. The van der Waals surface area contributed by atoms with E-state index in [4.69, 9.17) is 0 Å². The second kappa shape index (κ2) is 20.2. The molecule has 3 nitrogen and oxygen atoms in total. The van der Waals surface area contributed by atoms with Crippen molar-refractivity contribution in [1.29, 1.82) is 0 Å². The zero-order chi connectivity index (χ0) is 42.2. The Morgan fingerprint density at radius 2 is 0.531 bits per heavy atom. The third-order valence-electron chi connectivity index (χ3n) is 10.4. The molecule has 6 heterocycles. The van der Waals surface area contributed by atoms with E-state index in [-0.39, 0.29) is 20.1 Å². The van der Waals surface area contributed by atoms with Crippen molar-refractivity contribution < 1.29 is 20.1 Å². The molecule has 12 aromatic rings. The van der Waals surface area contributed by atoms with E-state index in [1.807, 2.05) is 91.4 Å². The molecule has 0 spiro atoms. The van der Waals surface area contributed by atoms with Gasteiger partial charge in [0, 0.05) is 35.7 Å². The summed E-state index contributed by atoms with van der Waals surface area (Å²) in [5, 5.41) is 3.48. The van der Waals surface area contributed by atoms with E-state index in [1.54, 1.807) is 34.0 Å². The number of fused-ring (bicyclic) bond motifs is 3. The number of aromatic nitrogens is 3. The van der Waals surface area contributed by atoms with Crippen LogP contribution in [0.5, 0.6) is 0 Å². The van der Waals surface area contributed by atoms with Crippen molar-refractivity contribution in [3.8, 4) is 65.1 Å². The fraction of sp³-hybridized carbons (Fsp3) is 0. The fourth-order valence-corrected chi connectivity index (χ4v) is 10.0. The Morgan fingerprint density at radius 3 is 0.781 bits per heavy atom. The van der Waals surface area contributed by atoms with Gasteiger partial charge in [0.05, 0.1) is 0 Å². The molecule has 12 rings (SSSR count). The van der Waals surface area contributed by atoms with Crippen molar-refractivity contribution >= 4 is 64.3 Å². The van der Waals surface area contributed by atoms with Gasteiger partial charge in [-0.1, -0.05) is 164 Å². The third kappa shape index (κ3) is 9.91. The summed E-state index contributed by atoms with van der Waals surface area (Å²) in [7, 11) is 0. The van der Waals surface area contributed by atoms with Crippen LogP contribution in [0.25, 0.3) is 95.4 Å². The average Bonchev–Trinajstić information content (AvgIpc) is 4.13. The molecule has 0 radical (unpaired) electrons. The molecule has 306 valence electrons. The number of hydrogen-bond acceptors (Lipinski definition) is 6. The van der Waals surface area contributed by atoms with Gasteiger partial charge in [-0.3, -0.25) is 0 Å². The van der Waals surface area contributed by atoms with E-state index in [0.29, 0.717) is 0 Å². The van der Waals surface area contributed by atoms with Crippen LogP contribution in [-0.2, 0) is 20.1 Å². The zero-order valence-corrected chi connectivity index (χ0v) is 39.0. The van der Waals surface area contributed by atoms with Crippen LogP contribution in [0.3, 0.4) is 0 Å². The van der Waals surface area contributed by atoms with Crippen LogP contribution in [0.1, 0.15) is 0 Å². The van der Waals surface area contributed by atoms with Gasteiger partial charge >= 0.3 is 20.1 Å². The van der Waals surface area contributed by atoms with Crippen LogP contribution in [0.2, 0.25) is 0 Å². The minimum atomic E-state index is 0. The number of pyridine rings is 3. The average molecular weight is 1050 g/mol. The quantitative estimate of drug-likeness (QED) is 0.156. The molecule has 6 aromatic heterocycles. The predicted molar refractivity (Wildman–Crippen MR) is 268 cm³/mol. The predicted octanol–water partition coefficient (Wildman–Crippen LogP) is 16.3. The molecular formula is C57H36IrN3S3. The summed E-state index contributed by atoms with van der Waals surface area (Å²) in [4.78, 5) is 17.1. The molecule has 64 heavy (non-hydrogen) atoms. The minimum absolute atomic E-state index is 0. The van der Waals surface area contributed by atoms with Crippen molar-refractivity contribution in [1.82, 2.24) is 15.0 Å². The van der Waals surface area contributed by atoms with E-state index >= 15 is 0 Å². The first-order valence-electron chi connectivity index (χ1n) is 20.5. The second-order valence-corrected chi connectivity index (χ2v) is 17.7. The fourth-order valence-electron chi connectivity index (χ4n) is 7.09. The maximum atomic E-state index is 4.60. The largest absolute Gasteiger partial charge is 3.00 e. The molecule has 6 aromatic carbocycles. The first-order valence-corrected chi connectivity index (χ1v) is 22.9. The Morgan fingerprint density at radius 1 is 0.266 bits per heavy atom. The molecular weight excluding hydrogens is 1020 g/mol. The molecule has 0 amide bonds. The molecule has 0 saturated carbocycles. The Balaban J connectivity index is 0.000000121. The monoisotopic (exact) mass is 1050 g/mol. The maximum Gasteiger partial charge on any atom is 3.00 e. The Kier molecular flexibility index (Phi) is 13.4. The summed E-state index contributed by atoms with van der Waals surface area (Å²) in [5.74, 6) is 0. The molecule has 0 saturated heterocycles. The standard InChI is InChI=1S/3C19H12NS.Ir/c3*1-2-6-14(7-3-1)16-10-11-17(20-13-16)19-12-15-8-4-5-9-18(15)21-19;/h3*1-11,13H;/q3*-1;+3. The third-order valence-corrected chi connectivity index (χ3v) is 13.6. The summed E-state index contributed by atoms with van der Waals surface area (Å²) in [6, 6.07) is 78.7. The van der Waals surface area contributed by atoms with Gasteiger partial charge in [-0.2, -0.15) is 0 Å².